The van der Waals surface area contributed by atoms with Gasteiger partial charge in [0.05, 0.1) is 11.5 Å². The molecule has 0 heterocycles. The van der Waals surface area contributed by atoms with Crippen LogP contribution in [0.2, 0.25) is 0 Å². The Balaban J connectivity index is 3.59. The van der Waals surface area contributed by atoms with E-state index in [4.69, 9.17) is 4.74 Å². The van der Waals surface area contributed by atoms with E-state index >= 15 is 0 Å². The second kappa shape index (κ2) is 7.70. The molecule has 0 bridgehead atoms. The van der Waals surface area contributed by atoms with Gasteiger partial charge in [0, 0.05) is 0 Å². The van der Waals surface area contributed by atoms with E-state index in [0.29, 0.717) is 0 Å². The zero-order chi connectivity index (χ0) is 12.6. The van der Waals surface area contributed by atoms with Crippen LogP contribution in [0.3, 0.4) is 0 Å². The smallest absolute Gasteiger partial charge is 0.311 e. The minimum absolute atomic E-state index is 0.0633. The Morgan fingerprint density at radius 1 is 1.12 bits per heavy atom. The Bertz CT molecular complexity index is 191. The molecule has 0 N–H and O–H groups in total. The van der Waals surface area contributed by atoms with Crippen molar-refractivity contribution in [2.75, 3.05) is 0 Å². The number of hydrogen-bond acceptors (Lipinski definition) is 2. The zero-order valence-electron chi connectivity index (χ0n) is 11.6. The maximum Gasteiger partial charge on any atom is 0.311 e. The summed E-state index contributed by atoms with van der Waals surface area (Å²) in [6.45, 7) is 9.88. The summed E-state index contributed by atoms with van der Waals surface area (Å²) in [5, 5.41) is 0. The largest absolute Gasteiger partial charge is 0.462 e. The monoisotopic (exact) mass is 228 g/mol. The minimum atomic E-state index is -0.379. The lowest BCUT2D eigenvalue weighted by molar-refractivity contribution is -0.158. The Morgan fingerprint density at radius 3 is 2.19 bits per heavy atom. The van der Waals surface area contributed by atoms with E-state index in [1.54, 1.807) is 0 Å². The first-order valence-corrected chi connectivity index (χ1v) is 6.59. The molecule has 2 nitrogen and oxygen atoms in total. The average molecular weight is 228 g/mol. The molecule has 0 aliphatic carbocycles. The van der Waals surface area contributed by atoms with E-state index in [1.165, 1.54) is 32.1 Å². The fraction of sp³-hybridized carbons (Fsp3) is 0.929. The van der Waals surface area contributed by atoms with Gasteiger partial charge in [-0.2, -0.15) is 0 Å². The van der Waals surface area contributed by atoms with Gasteiger partial charge in [-0.15, -0.1) is 0 Å². The van der Waals surface area contributed by atoms with E-state index in [0.717, 1.165) is 6.42 Å². The van der Waals surface area contributed by atoms with Gasteiger partial charge in [-0.1, -0.05) is 32.6 Å². The van der Waals surface area contributed by atoms with Crippen molar-refractivity contribution in [3.63, 3.8) is 0 Å². The lowest BCUT2D eigenvalue weighted by atomic mass is 9.97. The van der Waals surface area contributed by atoms with Gasteiger partial charge < -0.3 is 4.74 Å². The number of carbonyl (C=O) groups excluding carboxylic acids is 1. The minimum Gasteiger partial charge on any atom is -0.462 e. The Morgan fingerprint density at radius 2 is 1.69 bits per heavy atom. The van der Waals surface area contributed by atoms with Gasteiger partial charge in [0.2, 0.25) is 0 Å². The van der Waals surface area contributed by atoms with Gasteiger partial charge in [-0.25, -0.2) is 0 Å². The standard InChI is InChI=1S/C14H28O2/c1-6-7-8-9-10-11-12(2)16-13(15)14(3,4)5/h12H,6-11H2,1-5H3. The van der Waals surface area contributed by atoms with Crippen LogP contribution in [0, 0.1) is 5.41 Å². The van der Waals surface area contributed by atoms with Crippen molar-refractivity contribution >= 4 is 5.97 Å². The van der Waals surface area contributed by atoms with Crippen molar-refractivity contribution in [2.24, 2.45) is 5.41 Å². The highest BCUT2D eigenvalue weighted by Crippen LogP contribution is 2.18. The molecule has 96 valence electrons. The van der Waals surface area contributed by atoms with Crippen molar-refractivity contribution in [1.82, 2.24) is 0 Å². The highest BCUT2D eigenvalue weighted by Gasteiger charge is 2.24. The first-order valence-electron chi connectivity index (χ1n) is 6.59. The molecule has 0 aromatic rings. The third-order valence-electron chi connectivity index (χ3n) is 2.63. The predicted octanol–water partition coefficient (Wildman–Crippen LogP) is 4.32. The molecule has 0 fully saturated rings. The summed E-state index contributed by atoms with van der Waals surface area (Å²) in [6, 6.07) is 0. The maximum atomic E-state index is 11.6. The van der Waals surface area contributed by atoms with Crippen molar-refractivity contribution in [1.29, 1.82) is 0 Å². The molecular formula is C14H28O2. The van der Waals surface area contributed by atoms with Gasteiger partial charge in [-0.05, 0) is 40.5 Å². The van der Waals surface area contributed by atoms with Gasteiger partial charge in [-0.3, -0.25) is 4.79 Å². The van der Waals surface area contributed by atoms with Gasteiger partial charge in [0.15, 0.2) is 0 Å². The van der Waals surface area contributed by atoms with Crippen molar-refractivity contribution in [3.05, 3.63) is 0 Å². The molecule has 0 radical (unpaired) electrons. The van der Waals surface area contributed by atoms with Gasteiger partial charge >= 0.3 is 5.97 Å². The van der Waals surface area contributed by atoms with Crippen LogP contribution in [0.15, 0.2) is 0 Å². The van der Waals surface area contributed by atoms with Crippen LogP contribution in [0.1, 0.15) is 73.1 Å². The normalized spacial score (nSPS) is 13.6. The van der Waals surface area contributed by atoms with Crippen LogP contribution < -0.4 is 0 Å². The number of ether oxygens (including phenoxy) is 1. The number of rotatable bonds is 7. The Kier molecular flexibility index (Phi) is 7.44. The van der Waals surface area contributed by atoms with E-state index in [9.17, 15) is 4.79 Å². The summed E-state index contributed by atoms with van der Waals surface area (Å²) in [7, 11) is 0. The third kappa shape index (κ3) is 7.72. The molecular weight excluding hydrogens is 200 g/mol. The lowest BCUT2D eigenvalue weighted by Gasteiger charge is -2.20. The van der Waals surface area contributed by atoms with Crippen molar-refractivity contribution in [3.8, 4) is 0 Å². The average Bonchev–Trinajstić information content (AvgIpc) is 2.16. The number of unbranched alkanes of at least 4 members (excludes halogenated alkanes) is 4. The number of hydrogen-bond donors (Lipinski definition) is 0. The van der Waals surface area contributed by atoms with Crippen LogP contribution in [0.4, 0.5) is 0 Å². The first-order chi connectivity index (χ1) is 7.38. The Labute approximate surface area is 101 Å². The van der Waals surface area contributed by atoms with Gasteiger partial charge in [0.1, 0.15) is 0 Å². The molecule has 0 saturated heterocycles. The Hall–Kier alpha value is -0.530. The van der Waals surface area contributed by atoms with Crippen molar-refractivity contribution in [2.45, 2.75) is 79.2 Å². The molecule has 0 spiro atoms. The molecule has 2 heteroatoms. The van der Waals surface area contributed by atoms with E-state index < -0.39 is 0 Å². The molecule has 0 aromatic heterocycles. The van der Waals surface area contributed by atoms with Crippen LogP contribution in [-0.2, 0) is 9.53 Å². The summed E-state index contributed by atoms with van der Waals surface area (Å²) >= 11 is 0. The predicted molar refractivity (Wildman–Crippen MR) is 68.4 cm³/mol. The van der Waals surface area contributed by atoms with Gasteiger partial charge in [0.25, 0.3) is 0 Å². The quantitative estimate of drug-likeness (QED) is 0.479. The fourth-order valence-corrected chi connectivity index (χ4v) is 1.45. The molecule has 0 aromatic carbocycles. The van der Waals surface area contributed by atoms with E-state index in [1.807, 2.05) is 27.7 Å². The summed E-state index contributed by atoms with van der Waals surface area (Å²) in [6.07, 6.45) is 7.37. The summed E-state index contributed by atoms with van der Waals surface area (Å²) < 4.78 is 5.38. The first kappa shape index (κ1) is 15.5. The zero-order valence-corrected chi connectivity index (χ0v) is 11.6. The van der Waals surface area contributed by atoms with Crippen molar-refractivity contribution < 1.29 is 9.53 Å². The third-order valence-corrected chi connectivity index (χ3v) is 2.63. The highest BCUT2D eigenvalue weighted by molar-refractivity contribution is 5.75. The fourth-order valence-electron chi connectivity index (χ4n) is 1.45. The molecule has 1 atom stereocenters. The molecule has 1 unspecified atom stereocenters. The van der Waals surface area contributed by atoms with Crippen LogP contribution in [-0.4, -0.2) is 12.1 Å². The molecule has 0 aliphatic heterocycles. The topological polar surface area (TPSA) is 26.3 Å². The maximum absolute atomic E-state index is 11.6. The summed E-state index contributed by atoms with van der Waals surface area (Å²) in [5.41, 5.74) is -0.379. The lowest BCUT2D eigenvalue weighted by Crippen LogP contribution is -2.26. The SMILES string of the molecule is CCCCCCCC(C)OC(=O)C(C)(C)C. The van der Waals surface area contributed by atoms with Crippen LogP contribution in [0.5, 0.6) is 0 Å². The number of carbonyl (C=O) groups is 1. The highest BCUT2D eigenvalue weighted by atomic mass is 16.5. The molecule has 0 saturated carbocycles. The molecule has 0 amide bonds. The molecule has 16 heavy (non-hydrogen) atoms. The summed E-state index contributed by atoms with van der Waals surface area (Å²) in [5.74, 6) is -0.0893. The summed E-state index contributed by atoms with van der Waals surface area (Å²) in [4.78, 5) is 11.6. The molecule has 0 rings (SSSR count). The van der Waals surface area contributed by atoms with E-state index in [-0.39, 0.29) is 17.5 Å². The van der Waals surface area contributed by atoms with Crippen LogP contribution in [0.25, 0.3) is 0 Å². The second-order valence-electron chi connectivity index (χ2n) is 5.67. The number of esters is 1. The molecule has 0 aliphatic rings. The second-order valence-corrected chi connectivity index (χ2v) is 5.67. The van der Waals surface area contributed by atoms with Crippen LogP contribution >= 0.6 is 0 Å². The van der Waals surface area contributed by atoms with E-state index in [2.05, 4.69) is 6.92 Å².